The van der Waals surface area contributed by atoms with Gasteiger partial charge >= 0.3 is 5.97 Å². The Morgan fingerprint density at radius 2 is 2.12 bits per heavy atom. The van der Waals surface area contributed by atoms with Gasteiger partial charge < -0.3 is 10.1 Å². The van der Waals surface area contributed by atoms with E-state index in [0.29, 0.717) is 18.3 Å². The number of esters is 1. The van der Waals surface area contributed by atoms with Crippen molar-refractivity contribution in [2.24, 2.45) is 0 Å². The lowest BCUT2D eigenvalue weighted by Gasteiger charge is -2.17. The Bertz CT molecular complexity index is 768. The molecule has 0 radical (unpaired) electrons. The lowest BCUT2D eigenvalue weighted by atomic mass is 10.2. The summed E-state index contributed by atoms with van der Waals surface area (Å²) in [6, 6.07) is 4.98. The summed E-state index contributed by atoms with van der Waals surface area (Å²) in [5.74, 6) is -2.31. The van der Waals surface area contributed by atoms with Gasteiger partial charge in [0.05, 0.1) is 16.5 Å². The molecule has 9 heteroatoms. The fourth-order valence-corrected chi connectivity index (χ4v) is 1.96. The van der Waals surface area contributed by atoms with Gasteiger partial charge in [-0.15, -0.1) is 0 Å². The third kappa shape index (κ3) is 4.93. The van der Waals surface area contributed by atoms with Gasteiger partial charge in [-0.25, -0.2) is 18.6 Å². The molecule has 0 aliphatic rings. The molecule has 0 spiro atoms. The van der Waals surface area contributed by atoms with Crippen LogP contribution in [0.15, 0.2) is 36.5 Å². The number of rotatable bonds is 7. The van der Waals surface area contributed by atoms with E-state index in [4.69, 9.17) is 4.74 Å². The number of nitro groups is 1. The summed E-state index contributed by atoms with van der Waals surface area (Å²) < 4.78 is 31.4. The molecule has 0 bridgehead atoms. The van der Waals surface area contributed by atoms with E-state index >= 15 is 0 Å². The molecule has 0 saturated carbocycles. The molecule has 0 saturated heterocycles. The molecule has 132 valence electrons. The average molecular weight is 351 g/mol. The molecule has 2 aromatic rings. The molecule has 25 heavy (non-hydrogen) atoms. The molecule has 1 heterocycles. The number of pyridine rings is 1. The van der Waals surface area contributed by atoms with Gasteiger partial charge in [-0.05, 0) is 24.6 Å². The summed E-state index contributed by atoms with van der Waals surface area (Å²) >= 11 is 0. The number of carbonyl (C=O) groups is 1. The number of ether oxygens (including phenoxy) is 1. The van der Waals surface area contributed by atoms with Crippen molar-refractivity contribution in [3.8, 4) is 0 Å². The first-order valence-corrected chi connectivity index (χ1v) is 7.40. The molecule has 1 atom stereocenters. The second kappa shape index (κ2) is 8.13. The smallest absolute Gasteiger partial charge is 0.341 e. The van der Waals surface area contributed by atoms with E-state index in [1.54, 1.807) is 0 Å². The highest BCUT2D eigenvalue weighted by Gasteiger charge is 2.16. The zero-order valence-electron chi connectivity index (χ0n) is 13.2. The Balaban J connectivity index is 1.95. The fraction of sp³-hybridized carbons (Fsp3) is 0.250. The average Bonchev–Trinajstić information content (AvgIpc) is 2.58. The predicted molar refractivity (Wildman–Crippen MR) is 85.2 cm³/mol. The number of hydrogen-bond donors (Lipinski definition) is 1. The second-order valence-electron chi connectivity index (χ2n) is 5.13. The second-order valence-corrected chi connectivity index (χ2v) is 5.13. The van der Waals surface area contributed by atoms with Gasteiger partial charge in [-0.2, -0.15) is 0 Å². The lowest BCUT2D eigenvalue weighted by Crippen LogP contribution is -2.27. The summed E-state index contributed by atoms with van der Waals surface area (Å²) in [7, 11) is 0. The first-order chi connectivity index (χ1) is 11.9. The van der Waals surface area contributed by atoms with E-state index in [-0.39, 0.29) is 23.9 Å². The Morgan fingerprint density at radius 3 is 2.68 bits per heavy atom. The summed E-state index contributed by atoms with van der Waals surface area (Å²) in [5.41, 5.74) is -0.499. The van der Waals surface area contributed by atoms with Crippen LogP contribution in [-0.4, -0.2) is 28.5 Å². The third-order valence-corrected chi connectivity index (χ3v) is 3.37. The number of nitrogens with one attached hydrogen (secondary N) is 1. The highest BCUT2D eigenvalue weighted by atomic mass is 19.1. The van der Waals surface area contributed by atoms with Crippen LogP contribution in [0.1, 0.15) is 23.7 Å². The minimum absolute atomic E-state index is 0.0786. The highest BCUT2D eigenvalue weighted by Crippen LogP contribution is 2.14. The number of carbonyl (C=O) groups excluding carboxylic acids is 1. The van der Waals surface area contributed by atoms with Crippen molar-refractivity contribution in [2.45, 2.75) is 19.4 Å². The minimum atomic E-state index is -0.997. The maximum absolute atomic E-state index is 13.5. The zero-order valence-corrected chi connectivity index (χ0v) is 13.2. The highest BCUT2D eigenvalue weighted by molar-refractivity contribution is 5.89. The van der Waals surface area contributed by atoms with E-state index in [0.717, 1.165) is 18.3 Å². The summed E-state index contributed by atoms with van der Waals surface area (Å²) in [6.07, 6.45) is 1.66. The topological polar surface area (TPSA) is 94.4 Å². The quantitative estimate of drug-likeness (QED) is 0.467. The van der Waals surface area contributed by atoms with Gasteiger partial charge in [-0.3, -0.25) is 10.1 Å². The van der Waals surface area contributed by atoms with E-state index in [9.17, 15) is 23.7 Å². The van der Waals surface area contributed by atoms with Crippen molar-refractivity contribution in [3.05, 3.63) is 63.8 Å². The normalized spacial score (nSPS) is 11.6. The third-order valence-electron chi connectivity index (χ3n) is 3.37. The molecule has 1 unspecified atom stereocenters. The number of nitrogens with zero attached hydrogens (tertiary/aromatic N) is 2. The van der Waals surface area contributed by atoms with E-state index in [2.05, 4.69) is 10.3 Å². The zero-order chi connectivity index (χ0) is 18.4. The first-order valence-electron chi connectivity index (χ1n) is 7.40. The molecule has 0 amide bonds. The Labute approximate surface area is 141 Å². The van der Waals surface area contributed by atoms with Crippen LogP contribution >= 0.6 is 0 Å². The SMILES string of the molecule is CCC(COC(=O)c1ccc(F)cc1F)Nc1ccc([N+](=O)[O-])cn1. The maximum atomic E-state index is 13.5. The van der Waals surface area contributed by atoms with E-state index < -0.39 is 22.5 Å². The molecule has 7 nitrogen and oxygen atoms in total. The van der Waals surface area contributed by atoms with Crippen LogP contribution < -0.4 is 5.32 Å². The number of hydrogen-bond acceptors (Lipinski definition) is 6. The van der Waals surface area contributed by atoms with Crippen LogP contribution in [0.2, 0.25) is 0 Å². The Morgan fingerprint density at radius 1 is 1.36 bits per heavy atom. The van der Waals surface area contributed by atoms with Crippen LogP contribution in [-0.2, 0) is 4.74 Å². The minimum Gasteiger partial charge on any atom is -0.460 e. The molecule has 0 fully saturated rings. The van der Waals surface area contributed by atoms with Crippen molar-refractivity contribution in [1.29, 1.82) is 0 Å². The number of benzene rings is 1. The van der Waals surface area contributed by atoms with Crippen LogP contribution in [0.25, 0.3) is 0 Å². The van der Waals surface area contributed by atoms with Crippen molar-refractivity contribution < 1.29 is 23.2 Å². The van der Waals surface area contributed by atoms with E-state index in [1.165, 1.54) is 12.1 Å². The lowest BCUT2D eigenvalue weighted by molar-refractivity contribution is -0.385. The van der Waals surface area contributed by atoms with Gasteiger partial charge in [0.1, 0.15) is 30.3 Å². The summed E-state index contributed by atoms with van der Waals surface area (Å²) in [5, 5.41) is 13.5. The molecule has 2 rings (SSSR count). The Hall–Kier alpha value is -3.10. The van der Waals surface area contributed by atoms with Gasteiger partial charge in [0.2, 0.25) is 0 Å². The molecule has 1 N–H and O–H groups in total. The monoisotopic (exact) mass is 351 g/mol. The number of anilines is 1. The standard InChI is InChI=1S/C16H15F2N3O4/c1-2-11(20-15-6-4-12(8-19-15)21(23)24)9-25-16(22)13-5-3-10(17)7-14(13)18/h3-8,11H,2,9H2,1H3,(H,19,20). The van der Waals surface area contributed by atoms with Crippen LogP contribution in [0, 0.1) is 21.7 Å². The molecule has 1 aromatic heterocycles. The fourth-order valence-electron chi connectivity index (χ4n) is 1.96. The molecule has 1 aromatic carbocycles. The Kier molecular flexibility index (Phi) is 5.93. The van der Waals surface area contributed by atoms with Crippen LogP contribution in [0.5, 0.6) is 0 Å². The predicted octanol–water partition coefficient (Wildman–Crippen LogP) is 3.32. The van der Waals surface area contributed by atoms with Crippen molar-refractivity contribution >= 4 is 17.5 Å². The summed E-state index contributed by atoms with van der Waals surface area (Å²) in [6.45, 7) is 1.75. The van der Waals surface area contributed by atoms with Gasteiger partial charge in [0, 0.05) is 12.1 Å². The first kappa shape index (κ1) is 18.2. The van der Waals surface area contributed by atoms with Gasteiger partial charge in [0.25, 0.3) is 5.69 Å². The summed E-state index contributed by atoms with van der Waals surface area (Å²) in [4.78, 5) is 25.8. The molecule has 0 aliphatic carbocycles. The van der Waals surface area contributed by atoms with E-state index in [1.807, 2.05) is 6.92 Å². The number of aromatic nitrogens is 1. The van der Waals surface area contributed by atoms with Crippen molar-refractivity contribution in [2.75, 3.05) is 11.9 Å². The molecular formula is C16H15F2N3O4. The largest absolute Gasteiger partial charge is 0.460 e. The maximum Gasteiger partial charge on any atom is 0.341 e. The van der Waals surface area contributed by atoms with Crippen molar-refractivity contribution in [3.63, 3.8) is 0 Å². The number of halogens is 2. The van der Waals surface area contributed by atoms with Crippen LogP contribution in [0.3, 0.4) is 0 Å². The van der Waals surface area contributed by atoms with Crippen molar-refractivity contribution in [1.82, 2.24) is 4.98 Å². The van der Waals surface area contributed by atoms with Crippen LogP contribution in [0.4, 0.5) is 20.3 Å². The van der Waals surface area contributed by atoms with Gasteiger partial charge in [0.15, 0.2) is 0 Å². The van der Waals surface area contributed by atoms with Gasteiger partial charge in [-0.1, -0.05) is 6.92 Å². The molecular weight excluding hydrogens is 336 g/mol. The molecule has 0 aliphatic heterocycles.